The Kier molecular flexibility index (Phi) is 6.42. The van der Waals surface area contributed by atoms with Crippen LogP contribution in [0.5, 0.6) is 0 Å². The summed E-state index contributed by atoms with van der Waals surface area (Å²) in [4.78, 5) is 16.5. The van der Waals surface area contributed by atoms with Gasteiger partial charge in [0.2, 0.25) is 0 Å². The van der Waals surface area contributed by atoms with Gasteiger partial charge in [0.25, 0.3) is 5.91 Å². The predicted octanol–water partition coefficient (Wildman–Crippen LogP) is 2.01. The Hall–Kier alpha value is -1.86. The summed E-state index contributed by atoms with van der Waals surface area (Å²) in [7, 11) is 1.89. The average molecular weight is 320 g/mol. The van der Waals surface area contributed by atoms with Gasteiger partial charge in [-0.25, -0.2) is 4.98 Å². The molecule has 2 rings (SSSR count). The zero-order chi connectivity index (χ0) is 15.8. The number of rotatable bonds is 8. The van der Waals surface area contributed by atoms with Gasteiger partial charge in [-0.15, -0.1) is 0 Å². The molecule has 0 fully saturated rings. The molecule has 0 aliphatic rings. The third-order valence-electron chi connectivity index (χ3n) is 2.94. The minimum absolute atomic E-state index is 0.0944. The van der Waals surface area contributed by atoms with Crippen molar-refractivity contribution in [3.63, 3.8) is 0 Å². The molecule has 0 saturated carbocycles. The minimum atomic E-state index is -0.0944. The first-order valence-corrected chi connectivity index (χ1v) is 8.12. The summed E-state index contributed by atoms with van der Waals surface area (Å²) < 4.78 is 5.04. The van der Waals surface area contributed by atoms with Crippen LogP contribution in [-0.4, -0.2) is 36.2 Å². The van der Waals surface area contributed by atoms with E-state index in [1.807, 2.05) is 20.0 Å². The lowest BCUT2D eigenvalue weighted by Crippen LogP contribution is -2.27. The fourth-order valence-electron chi connectivity index (χ4n) is 1.87. The van der Waals surface area contributed by atoms with E-state index in [4.69, 9.17) is 4.52 Å². The Morgan fingerprint density at radius 1 is 1.41 bits per heavy atom. The van der Waals surface area contributed by atoms with Crippen LogP contribution in [-0.2, 0) is 5.75 Å². The Bertz CT molecular complexity index is 615. The first-order chi connectivity index (χ1) is 10.7. The molecule has 0 aliphatic heterocycles. The molecular formula is C15H20N4O2S. The van der Waals surface area contributed by atoms with Gasteiger partial charge >= 0.3 is 0 Å². The maximum atomic E-state index is 12.2. The van der Waals surface area contributed by atoms with Crippen LogP contribution in [0.2, 0.25) is 0 Å². The van der Waals surface area contributed by atoms with Gasteiger partial charge in [0.05, 0.1) is 11.3 Å². The number of carbonyl (C=O) groups is 1. The Morgan fingerprint density at radius 2 is 2.27 bits per heavy atom. The van der Waals surface area contributed by atoms with E-state index in [1.165, 1.54) is 11.8 Å². The first kappa shape index (κ1) is 16.5. The maximum Gasteiger partial charge on any atom is 0.254 e. The van der Waals surface area contributed by atoms with Gasteiger partial charge in [-0.1, -0.05) is 16.9 Å². The molecule has 0 spiro atoms. The summed E-state index contributed by atoms with van der Waals surface area (Å²) in [6, 6.07) is 5.44. The summed E-state index contributed by atoms with van der Waals surface area (Å²) in [5, 5.41) is 10.6. The molecule has 0 saturated heterocycles. The van der Waals surface area contributed by atoms with E-state index in [0.717, 1.165) is 24.4 Å². The average Bonchev–Trinajstić information content (AvgIpc) is 2.95. The molecule has 0 radical (unpaired) electrons. The molecule has 2 heterocycles. The highest BCUT2D eigenvalue weighted by Gasteiger charge is 2.13. The smallest absolute Gasteiger partial charge is 0.254 e. The summed E-state index contributed by atoms with van der Waals surface area (Å²) in [6.07, 6.45) is 2.58. The maximum absolute atomic E-state index is 12.2. The molecule has 2 N–H and O–H groups in total. The topological polar surface area (TPSA) is 80.0 Å². The van der Waals surface area contributed by atoms with E-state index in [9.17, 15) is 4.79 Å². The number of aryl methyl sites for hydroxylation is 1. The van der Waals surface area contributed by atoms with Crippen LogP contribution in [0.1, 0.15) is 28.2 Å². The molecular weight excluding hydrogens is 300 g/mol. The SMILES string of the molecule is CNCCCNC(=O)c1cccnc1SCc1cc(C)on1. The molecule has 118 valence electrons. The highest BCUT2D eigenvalue weighted by molar-refractivity contribution is 7.98. The highest BCUT2D eigenvalue weighted by atomic mass is 32.2. The van der Waals surface area contributed by atoms with Crippen LogP contribution in [0.25, 0.3) is 0 Å². The van der Waals surface area contributed by atoms with Crippen LogP contribution >= 0.6 is 11.8 Å². The zero-order valence-corrected chi connectivity index (χ0v) is 13.6. The van der Waals surface area contributed by atoms with Gasteiger partial charge in [0.1, 0.15) is 10.8 Å². The van der Waals surface area contributed by atoms with Crippen molar-refractivity contribution in [2.24, 2.45) is 0 Å². The van der Waals surface area contributed by atoms with Gasteiger partial charge in [-0.2, -0.15) is 0 Å². The number of nitrogens with zero attached hydrogens (tertiary/aromatic N) is 2. The largest absolute Gasteiger partial charge is 0.361 e. The van der Waals surface area contributed by atoms with Gasteiger partial charge in [-0.05, 0) is 39.1 Å². The second kappa shape index (κ2) is 8.55. The normalized spacial score (nSPS) is 10.6. The van der Waals surface area contributed by atoms with Crippen molar-refractivity contribution in [2.75, 3.05) is 20.1 Å². The molecule has 0 unspecified atom stereocenters. The number of pyridine rings is 1. The van der Waals surface area contributed by atoms with Crippen LogP contribution in [0, 0.1) is 6.92 Å². The number of hydrogen-bond acceptors (Lipinski definition) is 6. The molecule has 6 nitrogen and oxygen atoms in total. The second-order valence-electron chi connectivity index (χ2n) is 4.79. The van der Waals surface area contributed by atoms with E-state index in [-0.39, 0.29) is 5.91 Å². The Balaban J connectivity index is 1.95. The van der Waals surface area contributed by atoms with Gasteiger partial charge in [-0.3, -0.25) is 4.79 Å². The van der Waals surface area contributed by atoms with Crippen LogP contribution < -0.4 is 10.6 Å². The fraction of sp³-hybridized carbons (Fsp3) is 0.400. The molecule has 0 aliphatic carbocycles. The summed E-state index contributed by atoms with van der Waals surface area (Å²) in [6.45, 7) is 3.37. The van der Waals surface area contributed by atoms with E-state index in [0.29, 0.717) is 22.9 Å². The van der Waals surface area contributed by atoms with Gasteiger partial charge < -0.3 is 15.2 Å². The third kappa shape index (κ3) is 4.85. The molecule has 1 amide bonds. The summed E-state index contributed by atoms with van der Waals surface area (Å²) >= 11 is 1.48. The molecule has 0 atom stereocenters. The predicted molar refractivity (Wildman–Crippen MR) is 85.9 cm³/mol. The van der Waals surface area contributed by atoms with E-state index in [1.54, 1.807) is 18.3 Å². The number of aromatic nitrogens is 2. The quantitative estimate of drug-likeness (QED) is 0.572. The van der Waals surface area contributed by atoms with E-state index >= 15 is 0 Å². The fourth-order valence-corrected chi connectivity index (χ4v) is 2.74. The van der Waals surface area contributed by atoms with Crippen LogP contribution in [0.3, 0.4) is 0 Å². The van der Waals surface area contributed by atoms with Gasteiger partial charge in [0, 0.05) is 24.6 Å². The monoisotopic (exact) mass is 320 g/mol. The van der Waals surface area contributed by atoms with Crippen molar-refractivity contribution in [3.8, 4) is 0 Å². The van der Waals surface area contributed by atoms with Gasteiger partial charge in [0.15, 0.2) is 0 Å². The Morgan fingerprint density at radius 3 is 3.00 bits per heavy atom. The minimum Gasteiger partial charge on any atom is -0.361 e. The van der Waals surface area contributed by atoms with Crippen molar-refractivity contribution >= 4 is 17.7 Å². The molecule has 22 heavy (non-hydrogen) atoms. The standard InChI is InChI=1S/C15H20N4O2S/c1-11-9-12(19-21-11)10-22-15-13(5-3-7-18-15)14(20)17-8-4-6-16-2/h3,5,7,9,16H,4,6,8,10H2,1-2H3,(H,17,20). The molecule has 0 bridgehead atoms. The zero-order valence-electron chi connectivity index (χ0n) is 12.8. The molecule has 2 aromatic heterocycles. The number of amides is 1. The lowest BCUT2D eigenvalue weighted by Gasteiger charge is -2.08. The van der Waals surface area contributed by atoms with Crippen LogP contribution in [0.4, 0.5) is 0 Å². The van der Waals surface area contributed by atoms with Crippen LogP contribution in [0.15, 0.2) is 33.9 Å². The van der Waals surface area contributed by atoms with E-state index < -0.39 is 0 Å². The highest BCUT2D eigenvalue weighted by Crippen LogP contribution is 2.24. The lowest BCUT2D eigenvalue weighted by atomic mass is 10.2. The molecule has 2 aromatic rings. The number of carbonyl (C=O) groups excluding carboxylic acids is 1. The molecule has 0 aromatic carbocycles. The lowest BCUT2D eigenvalue weighted by molar-refractivity contribution is 0.0949. The van der Waals surface area contributed by atoms with Crippen molar-refractivity contribution in [3.05, 3.63) is 41.4 Å². The summed E-state index contributed by atoms with van der Waals surface area (Å²) in [5.74, 6) is 1.30. The Labute approximate surface area is 134 Å². The van der Waals surface area contributed by atoms with Crippen molar-refractivity contribution in [2.45, 2.75) is 24.1 Å². The van der Waals surface area contributed by atoms with Crippen molar-refractivity contribution in [1.29, 1.82) is 0 Å². The number of thioether (sulfide) groups is 1. The molecule has 7 heteroatoms. The number of nitrogens with one attached hydrogen (secondary N) is 2. The first-order valence-electron chi connectivity index (χ1n) is 7.13. The number of hydrogen-bond donors (Lipinski definition) is 2. The second-order valence-corrected chi connectivity index (χ2v) is 5.75. The van der Waals surface area contributed by atoms with Crippen molar-refractivity contribution in [1.82, 2.24) is 20.8 Å². The van der Waals surface area contributed by atoms with Crippen molar-refractivity contribution < 1.29 is 9.32 Å². The van der Waals surface area contributed by atoms with E-state index in [2.05, 4.69) is 20.8 Å². The summed E-state index contributed by atoms with van der Waals surface area (Å²) in [5.41, 5.74) is 1.44. The third-order valence-corrected chi connectivity index (χ3v) is 3.98.